The highest BCUT2D eigenvalue weighted by Gasteiger charge is 2.40. The van der Waals surface area contributed by atoms with Crippen molar-refractivity contribution in [2.75, 3.05) is 0 Å². The zero-order valence-electron chi connectivity index (χ0n) is 4.98. The number of hydrogen-bond donors (Lipinski definition) is 0. The van der Waals surface area contributed by atoms with Gasteiger partial charge in [-0.25, -0.2) is 0 Å². The molecule has 0 spiro atoms. The lowest BCUT2D eigenvalue weighted by atomic mass is 10.3. The Morgan fingerprint density at radius 3 is 2.00 bits per heavy atom. The normalized spacial score (nSPS) is 13.1. The highest BCUT2D eigenvalue weighted by atomic mass is 19.1. The molecule has 0 amide bonds. The van der Waals surface area contributed by atoms with E-state index in [-0.39, 0.29) is 0 Å². The van der Waals surface area contributed by atoms with Crippen molar-refractivity contribution in [1.29, 1.82) is 0 Å². The maximum absolute atomic E-state index is 11.9. The van der Waals surface area contributed by atoms with Gasteiger partial charge in [-0.3, -0.25) is 20.2 Å². The molecule has 1 radical (unpaired) electrons. The lowest BCUT2D eigenvalue weighted by Gasteiger charge is -1.97. The van der Waals surface area contributed by atoms with Gasteiger partial charge in [0.25, 0.3) is 0 Å². The SMILES string of the molecule is CC([C](F)[N+](=O)[O-])[N+](=O)[O-]. The predicted molar refractivity (Wildman–Crippen MR) is 27.8 cm³/mol. The van der Waals surface area contributed by atoms with Crippen LogP contribution in [0.3, 0.4) is 0 Å². The van der Waals surface area contributed by atoms with Crippen molar-refractivity contribution in [3.63, 3.8) is 0 Å². The molecule has 57 valence electrons. The maximum Gasteiger partial charge on any atom is 0.531 e. The number of hydrogen-bond acceptors (Lipinski definition) is 4. The molecule has 6 nitrogen and oxygen atoms in total. The van der Waals surface area contributed by atoms with Gasteiger partial charge in [0.05, 0.1) is 4.92 Å². The van der Waals surface area contributed by atoms with Crippen LogP contribution < -0.4 is 0 Å². The highest BCUT2D eigenvalue weighted by Crippen LogP contribution is 2.10. The average Bonchev–Trinajstić information content (AvgIpc) is 1.84. The summed E-state index contributed by atoms with van der Waals surface area (Å²) in [7, 11) is 0. The molecule has 0 aromatic heterocycles. The fourth-order valence-electron chi connectivity index (χ4n) is 0.240. The second kappa shape index (κ2) is 3.04. The summed E-state index contributed by atoms with van der Waals surface area (Å²) in [5, 5.41) is 19.2. The van der Waals surface area contributed by atoms with Crippen molar-refractivity contribution >= 4 is 0 Å². The van der Waals surface area contributed by atoms with Gasteiger partial charge in [-0.1, -0.05) is 0 Å². The molecule has 0 saturated heterocycles. The number of nitro groups is 2. The molecule has 0 aromatic carbocycles. The van der Waals surface area contributed by atoms with Crippen LogP contribution >= 0.6 is 0 Å². The molecule has 0 heterocycles. The van der Waals surface area contributed by atoms with Crippen LogP contribution in [0.4, 0.5) is 4.39 Å². The Hall–Kier alpha value is -1.27. The number of nitrogens with zero attached hydrogens (tertiary/aromatic N) is 2. The van der Waals surface area contributed by atoms with Gasteiger partial charge in [0.15, 0.2) is 0 Å². The van der Waals surface area contributed by atoms with Gasteiger partial charge in [-0.2, -0.15) is 0 Å². The third-order valence-corrected chi connectivity index (χ3v) is 0.835. The minimum absolute atomic E-state index is 0.804. The third kappa shape index (κ3) is 1.92. The molecule has 0 aromatic rings. The largest absolute Gasteiger partial charge is 0.531 e. The first-order valence-corrected chi connectivity index (χ1v) is 2.27. The van der Waals surface area contributed by atoms with Crippen molar-refractivity contribution in [2.24, 2.45) is 0 Å². The third-order valence-electron chi connectivity index (χ3n) is 0.835. The zero-order valence-corrected chi connectivity index (χ0v) is 4.98. The monoisotopic (exact) mass is 151 g/mol. The van der Waals surface area contributed by atoms with Crippen molar-refractivity contribution in [3.8, 4) is 0 Å². The molecule has 0 aliphatic rings. The van der Waals surface area contributed by atoms with Gasteiger partial charge in [-0.15, -0.1) is 4.39 Å². The summed E-state index contributed by atoms with van der Waals surface area (Å²) in [4.78, 5) is 16.7. The first kappa shape index (κ1) is 8.73. The van der Waals surface area contributed by atoms with Gasteiger partial charge >= 0.3 is 12.3 Å². The Balaban J connectivity index is 4.07. The molecule has 1 atom stereocenters. The van der Waals surface area contributed by atoms with E-state index in [1.54, 1.807) is 0 Å². The van der Waals surface area contributed by atoms with Crippen LogP contribution in [0.2, 0.25) is 0 Å². The maximum atomic E-state index is 11.9. The van der Waals surface area contributed by atoms with Gasteiger partial charge in [0.2, 0.25) is 0 Å². The molecule has 7 heteroatoms. The van der Waals surface area contributed by atoms with E-state index < -0.39 is 22.2 Å². The molecule has 0 N–H and O–H groups in total. The zero-order chi connectivity index (χ0) is 8.31. The van der Waals surface area contributed by atoms with Gasteiger partial charge in [-0.05, 0) is 0 Å². The summed E-state index contributed by atoms with van der Waals surface area (Å²) >= 11 is 0. The van der Waals surface area contributed by atoms with E-state index in [4.69, 9.17) is 0 Å². The summed E-state index contributed by atoms with van der Waals surface area (Å²) in [5.41, 5.74) is 0. The Morgan fingerprint density at radius 2 is 1.90 bits per heavy atom. The van der Waals surface area contributed by atoms with Crippen LogP contribution in [0.5, 0.6) is 0 Å². The van der Waals surface area contributed by atoms with Gasteiger partial charge in [0, 0.05) is 11.8 Å². The average molecular weight is 151 g/mol. The summed E-state index contributed by atoms with van der Waals surface area (Å²) in [6.45, 7) is 0.804. The fourth-order valence-corrected chi connectivity index (χ4v) is 0.240. The standard InChI is InChI=1S/C3H4FN2O4/c1-2(5(7)8)3(4)6(9)10/h2H,1H3. The summed E-state index contributed by atoms with van der Waals surface area (Å²) in [6.07, 6.45) is -1.84. The van der Waals surface area contributed by atoms with E-state index >= 15 is 0 Å². The van der Waals surface area contributed by atoms with Crippen molar-refractivity contribution in [2.45, 2.75) is 13.0 Å². The molecule has 0 saturated carbocycles. The number of halogens is 1. The summed E-state index contributed by atoms with van der Waals surface area (Å²) in [5.74, 6) is 0. The van der Waals surface area contributed by atoms with Gasteiger partial charge < -0.3 is 0 Å². The van der Waals surface area contributed by atoms with Crippen molar-refractivity contribution < 1.29 is 14.2 Å². The lowest BCUT2D eigenvalue weighted by Crippen LogP contribution is -2.26. The lowest BCUT2D eigenvalue weighted by molar-refractivity contribution is -0.591. The van der Waals surface area contributed by atoms with E-state index in [9.17, 15) is 24.6 Å². The Kier molecular flexibility index (Phi) is 2.65. The molecular weight excluding hydrogens is 147 g/mol. The minimum Gasteiger partial charge on any atom is -0.264 e. The van der Waals surface area contributed by atoms with E-state index in [1.807, 2.05) is 0 Å². The summed E-state index contributed by atoms with van der Waals surface area (Å²) in [6, 6.07) is -1.87. The molecule has 0 fully saturated rings. The smallest absolute Gasteiger partial charge is 0.264 e. The van der Waals surface area contributed by atoms with Crippen molar-refractivity contribution in [3.05, 3.63) is 26.5 Å². The van der Waals surface area contributed by atoms with E-state index in [1.165, 1.54) is 0 Å². The fraction of sp³-hybridized carbons (Fsp3) is 0.667. The molecule has 0 bridgehead atoms. The molecule has 0 rings (SSSR count). The van der Waals surface area contributed by atoms with E-state index in [0.29, 0.717) is 0 Å². The van der Waals surface area contributed by atoms with Crippen LogP contribution in [0.1, 0.15) is 6.92 Å². The van der Waals surface area contributed by atoms with Gasteiger partial charge in [0.1, 0.15) is 0 Å². The van der Waals surface area contributed by atoms with E-state index in [0.717, 1.165) is 6.92 Å². The van der Waals surface area contributed by atoms with Crippen molar-refractivity contribution in [1.82, 2.24) is 0 Å². The molecule has 0 aliphatic carbocycles. The van der Waals surface area contributed by atoms with Crippen LogP contribution in [0, 0.1) is 26.5 Å². The van der Waals surface area contributed by atoms with Crippen LogP contribution in [-0.4, -0.2) is 15.9 Å². The molecular formula is C3H4FN2O4. The molecule has 10 heavy (non-hydrogen) atoms. The van der Waals surface area contributed by atoms with Crippen LogP contribution in [-0.2, 0) is 0 Å². The molecule has 1 unspecified atom stereocenters. The Bertz CT molecular complexity index is 143. The first-order valence-electron chi connectivity index (χ1n) is 2.27. The molecule has 0 aliphatic heterocycles. The second-order valence-electron chi connectivity index (χ2n) is 1.54. The van der Waals surface area contributed by atoms with E-state index in [2.05, 4.69) is 0 Å². The Morgan fingerprint density at radius 1 is 1.50 bits per heavy atom. The quantitative estimate of drug-likeness (QED) is 0.331. The second-order valence-corrected chi connectivity index (χ2v) is 1.54. The topological polar surface area (TPSA) is 86.3 Å². The predicted octanol–water partition coefficient (Wildman–Crippen LogP) is 0.387. The highest BCUT2D eigenvalue weighted by molar-refractivity contribution is 4.68. The number of rotatable bonds is 3. The minimum atomic E-state index is -1.87. The first-order chi connectivity index (χ1) is 4.46. The Labute approximate surface area is 54.9 Å². The van der Waals surface area contributed by atoms with Crippen LogP contribution in [0.25, 0.3) is 0 Å². The summed E-state index contributed by atoms with van der Waals surface area (Å²) < 4.78 is 11.9. The van der Waals surface area contributed by atoms with Crippen LogP contribution in [0.15, 0.2) is 0 Å².